The molecule has 2 fully saturated rings. The van der Waals surface area contributed by atoms with E-state index in [2.05, 4.69) is 0 Å². The molecule has 2 rings (SSSR count). The van der Waals surface area contributed by atoms with Crippen LogP contribution in [0, 0.1) is 5.92 Å². The fourth-order valence-corrected chi connectivity index (χ4v) is 4.42. The average molecular weight is 623 g/mol. The number of hydrogen-bond donors (Lipinski definition) is 12. The molecule has 2 heterocycles. The summed E-state index contributed by atoms with van der Waals surface area (Å²) in [4.78, 5) is 0. The minimum atomic E-state index is -1.85. The normalized spacial score (nSPS) is 37.8. The topological polar surface area (TPSA) is 298 Å². The lowest BCUT2D eigenvalue weighted by atomic mass is 9.97. The molecule has 15 atom stereocenters. The standard InChI is InChI=1S/C24H46O18/c1-9(11(3-25)4-26)37-22(12(31)5-27)39-13(6-28)10(2)38-23-20(36)18(34)21(15(8-30)41-23)42-24-19(35)17(33)16(32)14(7-29)40-24/h9-36H,3-8H2,1-2H3/t9-,10-,12-,13?,14?,15?,16?,17?,18?,19?,20?,21?,22?,23?,24?/m0/s1. The van der Waals surface area contributed by atoms with Crippen molar-refractivity contribution in [1.82, 2.24) is 0 Å². The highest BCUT2D eigenvalue weighted by atomic mass is 16.8. The minimum absolute atomic E-state index is 0.450. The summed E-state index contributed by atoms with van der Waals surface area (Å²) in [6, 6.07) is 0. The maximum absolute atomic E-state index is 10.8. The Kier molecular flexibility index (Phi) is 15.8. The molecule has 2 saturated heterocycles. The molecule has 0 saturated carbocycles. The van der Waals surface area contributed by atoms with Crippen LogP contribution in [0.15, 0.2) is 0 Å². The second kappa shape index (κ2) is 17.7. The molecular formula is C24H46O18. The summed E-state index contributed by atoms with van der Waals surface area (Å²) in [5.41, 5.74) is 0. The van der Waals surface area contributed by atoms with Gasteiger partial charge in [-0.3, -0.25) is 0 Å². The molecular weight excluding hydrogens is 576 g/mol. The van der Waals surface area contributed by atoms with E-state index >= 15 is 0 Å². The first-order valence-electron chi connectivity index (χ1n) is 13.5. The van der Waals surface area contributed by atoms with E-state index in [4.69, 9.17) is 28.4 Å². The van der Waals surface area contributed by atoms with Gasteiger partial charge in [-0.15, -0.1) is 0 Å². The molecule has 0 amide bonds. The van der Waals surface area contributed by atoms with Gasteiger partial charge < -0.3 is 89.7 Å². The molecule has 0 spiro atoms. The third-order valence-electron chi connectivity index (χ3n) is 7.30. The zero-order chi connectivity index (χ0) is 31.7. The van der Waals surface area contributed by atoms with Crippen LogP contribution in [0.1, 0.15) is 13.8 Å². The Morgan fingerprint density at radius 2 is 1.19 bits per heavy atom. The van der Waals surface area contributed by atoms with Gasteiger partial charge in [-0.05, 0) is 13.8 Å². The third kappa shape index (κ3) is 9.16. The van der Waals surface area contributed by atoms with Crippen molar-refractivity contribution in [3.8, 4) is 0 Å². The number of rotatable bonds is 17. The van der Waals surface area contributed by atoms with Gasteiger partial charge in [0.05, 0.1) is 51.8 Å². The van der Waals surface area contributed by atoms with Crippen molar-refractivity contribution in [2.24, 2.45) is 5.92 Å². The van der Waals surface area contributed by atoms with E-state index < -0.39 is 138 Å². The predicted molar refractivity (Wildman–Crippen MR) is 134 cm³/mol. The zero-order valence-corrected chi connectivity index (χ0v) is 23.3. The van der Waals surface area contributed by atoms with Crippen molar-refractivity contribution in [2.75, 3.05) is 39.6 Å². The van der Waals surface area contributed by atoms with Gasteiger partial charge in [-0.1, -0.05) is 0 Å². The summed E-state index contributed by atoms with van der Waals surface area (Å²) < 4.78 is 33.1. The first-order chi connectivity index (χ1) is 19.9. The van der Waals surface area contributed by atoms with Crippen LogP contribution < -0.4 is 0 Å². The van der Waals surface area contributed by atoms with Gasteiger partial charge >= 0.3 is 0 Å². The Hall–Kier alpha value is -0.720. The second-order valence-electron chi connectivity index (χ2n) is 10.3. The van der Waals surface area contributed by atoms with Crippen molar-refractivity contribution in [1.29, 1.82) is 0 Å². The first kappa shape index (κ1) is 37.5. The number of aliphatic hydroxyl groups is 12. The SMILES string of the molecule is C[C@H](OC(OC(CO)[C@H](C)OC1OC(CO)C(OC2OC(CO)C(O)C(O)C2O)C(O)C1O)[C@@H](O)CO)C(CO)CO. The van der Waals surface area contributed by atoms with Gasteiger partial charge in [0.1, 0.15) is 61.0 Å². The highest BCUT2D eigenvalue weighted by Crippen LogP contribution is 2.30. The highest BCUT2D eigenvalue weighted by Gasteiger charge is 2.51. The molecule has 12 N–H and O–H groups in total. The van der Waals surface area contributed by atoms with Crippen molar-refractivity contribution in [3.05, 3.63) is 0 Å². The average Bonchev–Trinajstić information content (AvgIpc) is 2.98. The van der Waals surface area contributed by atoms with Crippen molar-refractivity contribution < 1.29 is 89.7 Å². The van der Waals surface area contributed by atoms with Crippen LogP contribution in [0.2, 0.25) is 0 Å². The summed E-state index contributed by atoms with van der Waals surface area (Å²) in [7, 11) is 0. The van der Waals surface area contributed by atoms with Gasteiger partial charge in [0.2, 0.25) is 0 Å². The number of ether oxygens (including phenoxy) is 6. The van der Waals surface area contributed by atoms with Gasteiger partial charge in [0.15, 0.2) is 18.9 Å². The monoisotopic (exact) mass is 622 g/mol. The Morgan fingerprint density at radius 1 is 0.619 bits per heavy atom. The molecule has 0 aromatic rings. The molecule has 250 valence electrons. The molecule has 2 aliphatic heterocycles. The lowest BCUT2D eigenvalue weighted by Gasteiger charge is -2.46. The van der Waals surface area contributed by atoms with E-state index in [1.54, 1.807) is 0 Å². The van der Waals surface area contributed by atoms with Crippen molar-refractivity contribution in [2.45, 2.75) is 106 Å². The van der Waals surface area contributed by atoms with Gasteiger partial charge in [-0.25, -0.2) is 0 Å². The summed E-state index contributed by atoms with van der Waals surface area (Å²) in [5, 5.41) is 119. The fourth-order valence-electron chi connectivity index (χ4n) is 4.42. The maximum atomic E-state index is 10.8. The van der Waals surface area contributed by atoms with E-state index in [-0.39, 0.29) is 0 Å². The van der Waals surface area contributed by atoms with Crippen LogP contribution in [0.3, 0.4) is 0 Å². The molecule has 0 bridgehead atoms. The van der Waals surface area contributed by atoms with Gasteiger partial charge in [0.25, 0.3) is 0 Å². The molecule has 2 aliphatic rings. The first-order valence-corrected chi connectivity index (χ1v) is 13.5. The molecule has 18 heteroatoms. The lowest BCUT2D eigenvalue weighted by molar-refractivity contribution is -0.366. The van der Waals surface area contributed by atoms with E-state index in [9.17, 15) is 61.3 Å². The van der Waals surface area contributed by atoms with Crippen molar-refractivity contribution in [3.63, 3.8) is 0 Å². The second-order valence-corrected chi connectivity index (χ2v) is 10.3. The predicted octanol–water partition coefficient (Wildman–Crippen LogP) is -6.92. The quantitative estimate of drug-likeness (QED) is 0.0671. The molecule has 12 unspecified atom stereocenters. The lowest BCUT2D eigenvalue weighted by Crippen LogP contribution is -2.65. The molecule has 18 nitrogen and oxygen atoms in total. The highest BCUT2D eigenvalue weighted by molar-refractivity contribution is 4.94. The Bertz CT molecular complexity index is 742. The molecule has 42 heavy (non-hydrogen) atoms. The van der Waals surface area contributed by atoms with Crippen LogP contribution in [0.25, 0.3) is 0 Å². The van der Waals surface area contributed by atoms with Crippen molar-refractivity contribution >= 4 is 0 Å². The smallest absolute Gasteiger partial charge is 0.187 e. The minimum Gasteiger partial charge on any atom is -0.396 e. The summed E-state index contributed by atoms with van der Waals surface area (Å²) in [5.74, 6) is -0.746. The third-order valence-corrected chi connectivity index (χ3v) is 7.30. The summed E-state index contributed by atoms with van der Waals surface area (Å²) >= 11 is 0. The van der Waals surface area contributed by atoms with E-state index in [1.807, 2.05) is 0 Å². The number of hydrogen-bond acceptors (Lipinski definition) is 18. The summed E-state index contributed by atoms with van der Waals surface area (Å²) in [6.07, 6.45) is -23.1. The van der Waals surface area contributed by atoms with Crippen LogP contribution in [0.5, 0.6) is 0 Å². The number of aliphatic hydroxyl groups excluding tert-OH is 12. The Balaban J connectivity index is 2.10. The van der Waals surface area contributed by atoms with E-state index in [0.717, 1.165) is 0 Å². The van der Waals surface area contributed by atoms with E-state index in [0.29, 0.717) is 0 Å². The molecule has 0 aromatic carbocycles. The summed E-state index contributed by atoms with van der Waals surface area (Å²) in [6.45, 7) is -1.11. The van der Waals surface area contributed by atoms with Gasteiger partial charge in [0, 0.05) is 5.92 Å². The van der Waals surface area contributed by atoms with Crippen LogP contribution in [-0.4, -0.2) is 193 Å². The fraction of sp³-hybridized carbons (Fsp3) is 1.00. The van der Waals surface area contributed by atoms with Crippen LogP contribution in [0.4, 0.5) is 0 Å². The zero-order valence-electron chi connectivity index (χ0n) is 23.3. The maximum Gasteiger partial charge on any atom is 0.187 e. The van der Waals surface area contributed by atoms with Gasteiger partial charge in [-0.2, -0.15) is 0 Å². The Labute approximate surface area is 241 Å². The largest absolute Gasteiger partial charge is 0.396 e. The van der Waals surface area contributed by atoms with Crippen LogP contribution >= 0.6 is 0 Å². The van der Waals surface area contributed by atoms with E-state index in [1.165, 1.54) is 13.8 Å². The van der Waals surface area contributed by atoms with Crippen LogP contribution in [-0.2, 0) is 28.4 Å². The molecule has 0 radical (unpaired) electrons. The molecule has 0 aromatic heterocycles. The molecule has 0 aliphatic carbocycles. The Morgan fingerprint density at radius 3 is 1.71 bits per heavy atom.